The van der Waals surface area contributed by atoms with Crippen molar-refractivity contribution in [1.29, 1.82) is 0 Å². The van der Waals surface area contributed by atoms with Crippen molar-refractivity contribution < 1.29 is 5.02 Å². The van der Waals surface area contributed by atoms with Crippen molar-refractivity contribution in [2.24, 2.45) is 0 Å². The van der Waals surface area contributed by atoms with Gasteiger partial charge in [-0.2, -0.15) is 0 Å². The van der Waals surface area contributed by atoms with Crippen molar-refractivity contribution in [2.45, 2.75) is 0 Å². The molecule has 10 heavy (non-hydrogen) atoms. The van der Waals surface area contributed by atoms with Gasteiger partial charge in [-0.25, -0.2) is 0 Å². The van der Waals surface area contributed by atoms with Gasteiger partial charge in [-0.3, -0.25) is 0 Å². The molecule has 0 aliphatic rings. The van der Waals surface area contributed by atoms with Crippen molar-refractivity contribution >= 4 is 36.1 Å². The van der Waals surface area contributed by atoms with Gasteiger partial charge in [-0.15, -0.1) is 0 Å². The highest BCUT2D eigenvalue weighted by Gasteiger charge is 2.02. The van der Waals surface area contributed by atoms with Crippen molar-refractivity contribution in [3.05, 3.63) is 28.2 Å². The summed E-state index contributed by atoms with van der Waals surface area (Å²) in [5.74, 6) is 0. The maximum atomic E-state index is 8.70. The van der Waals surface area contributed by atoms with E-state index < -0.39 is 0 Å². The molecule has 0 amide bonds. The fourth-order valence-electron chi connectivity index (χ4n) is 0.671. The fourth-order valence-corrected chi connectivity index (χ4v) is 1.05. The molecule has 1 aromatic carbocycles. The normalized spacial score (nSPS) is 9.50. The second-order valence-electron chi connectivity index (χ2n) is 1.87. The highest BCUT2D eigenvalue weighted by atomic mass is 35.5. The molecular weight excluding hydrogens is 170 g/mol. The molecule has 0 saturated carbocycles. The van der Waals surface area contributed by atoms with Crippen molar-refractivity contribution in [3.8, 4) is 0 Å². The van der Waals surface area contributed by atoms with Gasteiger partial charge in [0.05, 0.1) is 10.0 Å². The summed E-state index contributed by atoms with van der Waals surface area (Å²) in [6.07, 6.45) is 0. The maximum absolute atomic E-state index is 8.70. The Labute approximate surface area is 69.9 Å². The number of hydrogen-bond acceptors (Lipinski definition) is 1. The Morgan fingerprint density at radius 2 is 2.00 bits per heavy atom. The number of rotatable bonds is 1. The van der Waals surface area contributed by atoms with E-state index in [-0.39, 0.29) is 7.48 Å². The Bertz CT molecular complexity index is 239. The monoisotopic (exact) mass is 174 g/mol. The van der Waals surface area contributed by atoms with Crippen LogP contribution in [-0.4, -0.2) is 12.5 Å². The standard InChI is InChI=1S/C6H5BCl2O/c8-5-3-1-2-4(7-10)6(5)9/h1-3,7,10H. The lowest BCUT2D eigenvalue weighted by Gasteiger charge is -1.98. The summed E-state index contributed by atoms with van der Waals surface area (Å²) in [7, 11) is -0.0700. The third-order valence-corrected chi connectivity index (χ3v) is 2.06. The van der Waals surface area contributed by atoms with Crippen molar-refractivity contribution in [1.82, 2.24) is 0 Å². The van der Waals surface area contributed by atoms with Gasteiger partial charge in [0, 0.05) is 0 Å². The zero-order valence-corrected chi connectivity index (χ0v) is 6.65. The summed E-state index contributed by atoms with van der Waals surface area (Å²) in [6, 6.07) is 5.16. The molecule has 0 atom stereocenters. The number of benzene rings is 1. The van der Waals surface area contributed by atoms with Gasteiger partial charge < -0.3 is 5.02 Å². The van der Waals surface area contributed by atoms with Crippen LogP contribution in [0.2, 0.25) is 10.0 Å². The van der Waals surface area contributed by atoms with Gasteiger partial charge in [0.15, 0.2) is 0 Å². The predicted molar refractivity (Wildman–Crippen MR) is 45.5 cm³/mol. The van der Waals surface area contributed by atoms with Crippen molar-refractivity contribution in [3.63, 3.8) is 0 Å². The minimum Gasteiger partial charge on any atom is -0.449 e. The SMILES string of the molecule is OBc1cccc(Cl)c1Cl. The summed E-state index contributed by atoms with van der Waals surface area (Å²) >= 11 is 11.4. The molecule has 1 nitrogen and oxygen atoms in total. The maximum Gasteiger partial charge on any atom is 0.306 e. The fraction of sp³-hybridized carbons (Fsp3) is 0. The summed E-state index contributed by atoms with van der Waals surface area (Å²) in [4.78, 5) is 0. The van der Waals surface area contributed by atoms with Crippen LogP contribution in [0.25, 0.3) is 0 Å². The lowest BCUT2D eigenvalue weighted by Crippen LogP contribution is -2.14. The first kappa shape index (κ1) is 7.93. The average molecular weight is 175 g/mol. The Morgan fingerprint density at radius 3 is 2.50 bits per heavy atom. The quantitative estimate of drug-likeness (QED) is 0.630. The number of halogens is 2. The summed E-state index contributed by atoms with van der Waals surface area (Å²) < 4.78 is 0. The van der Waals surface area contributed by atoms with E-state index in [4.69, 9.17) is 28.2 Å². The molecule has 0 bridgehead atoms. The van der Waals surface area contributed by atoms with E-state index in [9.17, 15) is 0 Å². The molecule has 0 aliphatic heterocycles. The van der Waals surface area contributed by atoms with Crippen LogP contribution in [0.1, 0.15) is 0 Å². The zero-order chi connectivity index (χ0) is 7.56. The second-order valence-corrected chi connectivity index (χ2v) is 2.66. The minimum atomic E-state index is -0.0700. The van der Waals surface area contributed by atoms with Crippen molar-refractivity contribution in [2.75, 3.05) is 0 Å². The second kappa shape index (κ2) is 3.29. The minimum absolute atomic E-state index is 0.0700. The van der Waals surface area contributed by atoms with Crippen LogP contribution in [0.5, 0.6) is 0 Å². The van der Waals surface area contributed by atoms with Gasteiger partial charge in [-0.05, 0) is 11.5 Å². The molecule has 4 heteroatoms. The Kier molecular flexibility index (Phi) is 2.60. The van der Waals surface area contributed by atoms with Gasteiger partial charge in [0.1, 0.15) is 0 Å². The lowest BCUT2D eigenvalue weighted by molar-refractivity contribution is 0.615. The molecule has 0 saturated heterocycles. The highest BCUT2D eigenvalue weighted by molar-refractivity contribution is 6.55. The van der Waals surface area contributed by atoms with E-state index >= 15 is 0 Å². The predicted octanol–water partition coefficient (Wildman–Crippen LogP) is 0.962. The van der Waals surface area contributed by atoms with E-state index in [2.05, 4.69) is 0 Å². The Morgan fingerprint density at radius 1 is 1.30 bits per heavy atom. The molecule has 0 fully saturated rings. The Hall–Kier alpha value is -0.175. The van der Waals surface area contributed by atoms with Crippen LogP contribution in [0, 0.1) is 0 Å². The van der Waals surface area contributed by atoms with E-state index in [1.54, 1.807) is 18.2 Å². The van der Waals surface area contributed by atoms with E-state index in [1.165, 1.54) is 0 Å². The first-order valence-electron chi connectivity index (χ1n) is 2.79. The summed E-state index contributed by atoms with van der Waals surface area (Å²) in [5.41, 5.74) is 0.661. The van der Waals surface area contributed by atoms with Gasteiger partial charge in [0.2, 0.25) is 0 Å². The molecule has 1 rings (SSSR count). The molecule has 0 radical (unpaired) electrons. The van der Waals surface area contributed by atoms with Crippen LogP contribution in [0.15, 0.2) is 18.2 Å². The van der Waals surface area contributed by atoms with Crippen LogP contribution in [-0.2, 0) is 0 Å². The van der Waals surface area contributed by atoms with Crippen LogP contribution in [0.4, 0.5) is 0 Å². The molecule has 1 aromatic rings. The first-order valence-corrected chi connectivity index (χ1v) is 3.55. The highest BCUT2D eigenvalue weighted by Crippen LogP contribution is 2.17. The first-order chi connectivity index (χ1) is 4.75. The molecular formula is C6H5BCl2O. The van der Waals surface area contributed by atoms with Crippen LogP contribution < -0.4 is 5.46 Å². The van der Waals surface area contributed by atoms with E-state index in [0.717, 1.165) is 0 Å². The molecule has 1 N–H and O–H groups in total. The smallest absolute Gasteiger partial charge is 0.306 e. The zero-order valence-electron chi connectivity index (χ0n) is 5.14. The third kappa shape index (κ3) is 1.46. The third-order valence-electron chi connectivity index (χ3n) is 1.20. The number of hydrogen-bond donors (Lipinski definition) is 1. The largest absolute Gasteiger partial charge is 0.449 e. The topological polar surface area (TPSA) is 20.2 Å². The molecule has 0 aliphatic carbocycles. The van der Waals surface area contributed by atoms with E-state index in [0.29, 0.717) is 15.5 Å². The summed E-state index contributed by atoms with van der Waals surface area (Å²) in [5, 5.41) is 9.62. The van der Waals surface area contributed by atoms with Crippen LogP contribution in [0.3, 0.4) is 0 Å². The lowest BCUT2D eigenvalue weighted by atomic mass is 9.89. The summed E-state index contributed by atoms with van der Waals surface area (Å²) in [6.45, 7) is 0. The molecule has 0 spiro atoms. The molecule has 0 heterocycles. The molecule has 0 aromatic heterocycles. The van der Waals surface area contributed by atoms with Gasteiger partial charge in [-0.1, -0.05) is 35.3 Å². The van der Waals surface area contributed by atoms with Crippen LogP contribution >= 0.6 is 23.2 Å². The molecule has 0 unspecified atom stereocenters. The average Bonchev–Trinajstić information content (AvgIpc) is 1.95. The van der Waals surface area contributed by atoms with Gasteiger partial charge >= 0.3 is 7.48 Å². The Balaban J connectivity index is 3.14. The van der Waals surface area contributed by atoms with E-state index in [1.807, 2.05) is 0 Å². The van der Waals surface area contributed by atoms with Gasteiger partial charge in [0.25, 0.3) is 0 Å². The molecule has 52 valence electrons.